The van der Waals surface area contributed by atoms with Crippen LogP contribution in [-0.4, -0.2) is 52.4 Å². The van der Waals surface area contributed by atoms with Crippen LogP contribution in [0.3, 0.4) is 0 Å². The second kappa shape index (κ2) is 5.27. The molecule has 1 atom stereocenters. The molecule has 1 saturated heterocycles. The maximum absolute atomic E-state index is 12.2. The lowest BCUT2D eigenvalue weighted by Crippen LogP contribution is -2.67. The summed E-state index contributed by atoms with van der Waals surface area (Å²) in [5, 5.41) is 0. The molecule has 1 aromatic heterocycles. The van der Waals surface area contributed by atoms with Crippen LogP contribution in [0.5, 0.6) is 0 Å². The molecular weight excluding hydrogens is 240 g/mol. The number of hydrogen-bond acceptors (Lipinski definition) is 4. The monoisotopic (exact) mass is 262 g/mol. The number of likely N-dealkylation sites (N-methyl/N-ethyl adjacent to an activating group) is 1. The van der Waals surface area contributed by atoms with Gasteiger partial charge in [0.1, 0.15) is 6.04 Å². The molecule has 2 N–H and O–H groups in total. The largest absolute Gasteiger partial charge is 0.343 e. The lowest BCUT2D eigenvalue weighted by molar-refractivity contribution is -0.148. The van der Waals surface area contributed by atoms with Crippen molar-refractivity contribution in [2.24, 2.45) is 5.73 Å². The van der Waals surface area contributed by atoms with E-state index < -0.39 is 0 Å². The van der Waals surface area contributed by atoms with Gasteiger partial charge in [-0.2, -0.15) is 0 Å². The first kappa shape index (κ1) is 14.0. The molecular formula is C14H22N4O. The molecule has 1 aliphatic rings. The third-order valence-electron chi connectivity index (χ3n) is 3.76. The van der Waals surface area contributed by atoms with Crippen LogP contribution in [0, 0.1) is 0 Å². The molecule has 1 fully saturated rings. The SMILES string of the molecule is CN1CC(C)(C)N(Cc2ccncc2)C(CN)C1=O. The minimum Gasteiger partial charge on any atom is -0.343 e. The summed E-state index contributed by atoms with van der Waals surface area (Å²) in [7, 11) is 1.84. The molecule has 104 valence electrons. The van der Waals surface area contributed by atoms with Crippen LogP contribution in [0.25, 0.3) is 0 Å². The minimum absolute atomic E-state index is 0.0873. The first-order chi connectivity index (χ1) is 8.95. The highest BCUT2D eigenvalue weighted by Crippen LogP contribution is 2.27. The highest BCUT2D eigenvalue weighted by Gasteiger charge is 2.42. The van der Waals surface area contributed by atoms with Gasteiger partial charge in [0.25, 0.3) is 0 Å². The fourth-order valence-electron chi connectivity index (χ4n) is 2.80. The number of carbonyl (C=O) groups is 1. The van der Waals surface area contributed by atoms with Crippen LogP contribution >= 0.6 is 0 Å². The summed E-state index contributed by atoms with van der Waals surface area (Å²) in [5.41, 5.74) is 6.88. The number of rotatable bonds is 3. The van der Waals surface area contributed by atoms with Crippen LogP contribution in [0.15, 0.2) is 24.5 Å². The van der Waals surface area contributed by atoms with Crippen molar-refractivity contribution in [3.63, 3.8) is 0 Å². The van der Waals surface area contributed by atoms with Gasteiger partial charge >= 0.3 is 0 Å². The van der Waals surface area contributed by atoms with Gasteiger partial charge < -0.3 is 10.6 Å². The molecule has 1 aliphatic heterocycles. The van der Waals surface area contributed by atoms with Crippen LogP contribution in [0.2, 0.25) is 0 Å². The Morgan fingerprint density at radius 2 is 2.05 bits per heavy atom. The smallest absolute Gasteiger partial charge is 0.241 e. The number of piperazine rings is 1. The fraction of sp³-hybridized carbons (Fsp3) is 0.571. The van der Waals surface area contributed by atoms with E-state index in [4.69, 9.17) is 5.73 Å². The molecule has 0 saturated carbocycles. The molecule has 0 aliphatic carbocycles. The highest BCUT2D eigenvalue weighted by atomic mass is 16.2. The van der Waals surface area contributed by atoms with E-state index in [9.17, 15) is 4.79 Å². The number of nitrogens with zero attached hydrogens (tertiary/aromatic N) is 3. The molecule has 0 aromatic carbocycles. The van der Waals surface area contributed by atoms with Crippen LogP contribution < -0.4 is 5.73 Å². The maximum Gasteiger partial charge on any atom is 0.241 e. The van der Waals surface area contributed by atoms with Crippen molar-refractivity contribution < 1.29 is 4.79 Å². The third-order valence-corrected chi connectivity index (χ3v) is 3.76. The zero-order chi connectivity index (χ0) is 14.0. The predicted molar refractivity (Wildman–Crippen MR) is 74.3 cm³/mol. The molecule has 0 spiro atoms. The summed E-state index contributed by atoms with van der Waals surface area (Å²) in [6.07, 6.45) is 3.55. The van der Waals surface area contributed by atoms with Crippen LogP contribution in [0.4, 0.5) is 0 Å². The van der Waals surface area contributed by atoms with E-state index >= 15 is 0 Å². The molecule has 1 unspecified atom stereocenters. The third kappa shape index (κ3) is 2.77. The highest BCUT2D eigenvalue weighted by molar-refractivity contribution is 5.83. The Labute approximate surface area is 114 Å². The van der Waals surface area contributed by atoms with E-state index in [0.717, 1.165) is 12.1 Å². The average molecular weight is 262 g/mol. The predicted octanol–water partition coefficient (Wildman–Crippen LogP) is 0.461. The van der Waals surface area contributed by atoms with Gasteiger partial charge in [-0.05, 0) is 31.5 Å². The number of hydrogen-bond donors (Lipinski definition) is 1. The Morgan fingerprint density at radius 3 is 2.63 bits per heavy atom. The van der Waals surface area contributed by atoms with Gasteiger partial charge in [-0.25, -0.2) is 0 Å². The Morgan fingerprint density at radius 1 is 1.42 bits per heavy atom. The molecule has 2 heterocycles. The molecule has 19 heavy (non-hydrogen) atoms. The van der Waals surface area contributed by atoms with Gasteiger partial charge in [-0.1, -0.05) is 0 Å². The van der Waals surface area contributed by atoms with Gasteiger partial charge in [0, 0.05) is 44.6 Å². The first-order valence-corrected chi connectivity index (χ1v) is 6.56. The average Bonchev–Trinajstić information content (AvgIpc) is 2.37. The van der Waals surface area contributed by atoms with E-state index in [-0.39, 0.29) is 17.5 Å². The number of pyridine rings is 1. The minimum atomic E-state index is -0.248. The van der Waals surface area contributed by atoms with Gasteiger partial charge in [-0.15, -0.1) is 0 Å². The Bertz CT molecular complexity index is 446. The summed E-state index contributed by atoms with van der Waals surface area (Å²) in [6, 6.07) is 3.71. The van der Waals surface area contributed by atoms with E-state index in [0.29, 0.717) is 13.1 Å². The normalized spacial score (nSPS) is 23.7. The van der Waals surface area contributed by atoms with Crippen molar-refractivity contribution in [1.29, 1.82) is 0 Å². The second-order valence-electron chi connectivity index (χ2n) is 5.74. The molecule has 0 bridgehead atoms. The summed E-state index contributed by atoms with van der Waals surface area (Å²) >= 11 is 0. The van der Waals surface area contributed by atoms with Gasteiger partial charge in [0.05, 0.1) is 0 Å². The maximum atomic E-state index is 12.2. The van der Waals surface area contributed by atoms with Crippen LogP contribution in [0.1, 0.15) is 19.4 Å². The zero-order valence-electron chi connectivity index (χ0n) is 11.8. The number of nitrogens with two attached hydrogens (primary N) is 1. The lowest BCUT2D eigenvalue weighted by Gasteiger charge is -2.50. The Hall–Kier alpha value is -1.46. The topological polar surface area (TPSA) is 62.5 Å². The Balaban J connectivity index is 2.26. The second-order valence-corrected chi connectivity index (χ2v) is 5.74. The lowest BCUT2D eigenvalue weighted by atomic mass is 9.93. The fourth-order valence-corrected chi connectivity index (χ4v) is 2.80. The number of carbonyl (C=O) groups excluding carboxylic acids is 1. The quantitative estimate of drug-likeness (QED) is 0.859. The van der Waals surface area contributed by atoms with Crippen molar-refractivity contribution in [3.8, 4) is 0 Å². The van der Waals surface area contributed by atoms with Crippen LogP contribution in [-0.2, 0) is 11.3 Å². The van der Waals surface area contributed by atoms with Gasteiger partial charge in [0.2, 0.25) is 5.91 Å². The van der Waals surface area contributed by atoms with E-state index in [1.807, 2.05) is 19.2 Å². The summed E-state index contributed by atoms with van der Waals surface area (Å²) in [5.74, 6) is 0.107. The molecule has 2 rings (SSSR count). The summed E-state index contributed by atoms with van der Waals surface area (Å²) in [6.45, 7) is 6.08. The summed E-state index contributed by atoms with van der Waals surface area (Å²) < 4.78 is 0. The standard InChI is InChI=1S/C14H22N4O/c1-14(2)10-17(3)13(19)12(8-15)18(14)9-11-4-6-16-7-5-11/h4-7,12H,8-10,15H2,1-3H3. The van der Waals surface area contributed by atoms with Crippen molar-refractivity contribution in [3.05, 3.63) is 30.1 Å². The van der Waals surface area contributed by atoms with Crippen molar-refractivity contribution in [2.45, 2.75) is 32.0 Å². The van der Waals surface area contributed by atoms with E-state index in [2.05, 4.69) is 23.7 Å². The zero-order valence-corrected chi connectivity index (χ0v) is 11.8. The summed E-state index contributed by atoms with van der Waals surface area (Å²) in [4.78, 5) is 20.2. The molecule has 1 amide bonds. The van der Waals surface area contributed by atoms with Crippen molar-refractivity contribution in [1.82, 2.24) is 14.8 Å². The van der Waals surface area contributed by atoms with Crippen molar-refractivity contribution in [2.75, 3.05) is 20.1 Å². The number of aromatic nitrogens is 1. The molecule has 5 heteroatoms. The van der Waals surface area contributed by atoms with E-state index in [1.165, 1.54) is 0 Å². The molecule has 0 radical (unpaired) electrons. The van der Waals surface area contributed by atoms with Gasteiger partial charge in [-0.3, -0.25) is 14.7 Å². The molecule has 5 nitrogen and oxygen atoms in total. The number of amides is 1. The molecule has 1 aromatic rings. The van der Waals surface area contributed by atoms with Crippen molar-refractivity contribution >= 4 is 5.91 Å². The first-order valence-electron chi connectivity index (χ1n) is 6.56. The van der Waals surface area contributed by atoms with Gasteiger partial charge in [0.15, 0.2) is 0 Å². The van der Waals surface area contributed by atoms with E-state index in [1.54, 1.807) is 17.3 Å². The Kier molecular flexibility index (Phi) is 3.87.